The molecule has 1 N–H and O–H groups in total. The first kappa shape index (κ1) is 18.9. The quantitative estimate of drug-likeness (QED) is 0.719. The molecule has 0 saturated carbocycles. The fraction of sp³-hybridized carbons (Fsp3) is 0.318. The molecule has 1 fully saturated rings. The molecule has 5 nitrogen and oxygen atoms in total. The Morgan fingerprint density at radius 1 is 1.11 bits per heavy atom. The third-order valence-corrected chi connectivity index (χ3v) is 7.17. The van der Waals surface area contributed by atoms with Crippen molar-refractivity contribution in [2.45, 2.75) is 32.9 Å². The molecule has 0 spiro atoms. The lowest BCUT2D eigenvalue weighted by molar-refractivity contribution is 0.554. The summed E-state index contributed by atoms with van der Waals surface area (Å²) in [6, 6.07) is 16.4. The highest BCUT2D eigenvalue weighted by Gasteiger charge is 2.27. The maximum absolute atomic E-state index is 11.7. The molecule has 3 aromatic rings. The van der Waals surface area contributed by atoms with Gasteiger partial charge in [-0.15, -0.1) is 0 Å². The normalized spacial score (nSPS) is 18.4. The lowest BCUT2D eigenvalue weighted by atomic mass is 10.0. The predicted octanol–water partition coefficient (Wildman–Crippen LogP) is 3.43. The highest BCUT2D eigenvalue weighted by Crippen LogP contribution is 2.26. The van der Waals surface area contributed by atoms with Crippen LogP contribution in [0, 0.1) is 13.8 Å². The van der Waals surface area contributed by atoms with Crippen molar-refractivity contribution in [2.24, 2.45) is 0 Å². The molecule has 6 heteroatoms. The predicted molar refractivity (Wildman–Crippen MR) is 112 cm³/mol. The lowest BCUT2D eigenvalue weighted by Gasteiger charge is -2.11. The van der Waals surface area contributed by atoms with Crippen molar-refractivity contribution in [2.75, 3.05) is 11.5 Å². The largest absolute Gasteiger partial charge is 0.309 e. The van der Waals surface area contributed by atoms with Gasteiger partial charge in [-0.3, -0.25) is 0 Å². The van der Waals surface area contributed by atoms with E-state index in [1.807, 2.05) is 41.2 Å². The van der Waals surface area contributed by atoms with Gasteiger partial charge in [0.15, 0.2) is 9.84 Å². The zero-order valence-corrected chi connectivity index (χ0v) is 17.0. The van der Waals surface area contributed by atoms with Crippen LogP contribution in [0.25, 0.3) is 16.9 Å². The van der Waals surface area contributed by atoms with Gasteiger partial charge in [0, 0.05) is 29.9 Å². The van der Waals surface area contributed by atoms with Crippen LogP contribution in [0.3, 0.4) is 0 Å². The second-order valence-corrected chi connectivity index (χ2v) is 9.79. The lowest BCUT2D eigenvalue weighted by Crippen LogP contribution is -2.29. The van der Waals surface area contributed by atoms with Gasteiger partial charge in [0.25, 0.3) is 0 Å². The van der Waals surface area contributed by atoms with Gasteiger partial charge in [0.1, 0.15) is 0 Å². The molecule has 2 heterocycles. The Hall–Kier alpha value is -2.44. The number of nitrogens with zero attached hydrogens (tertiary/aromatic N) is 2. The van der Waals surface area contributed by atoms with Crippen LogP contribution in [0.5, 0.6) is 0 Å². The summed E-state index contributed by atoms with van der Waals surface area (Å²) in [6.45, 7) is 4.80. The minimum absolute atomic E-state index is 0.0117. The zero-order chi connectivity index (χ0) is 19.7. The van der Waals surface area contributed by atoms with E-state index >= 15 is 0 Å². The van der Waals surface area contributed by atoms with E-state index in [1.54, 1.807) is 0 Å². The van der Waals surface area contributed by atoms with Gasteiger partial charge in [-0.05, 0) is 49.6 Å². The fourth-order valence-electron chi connectivity index (χ4n) is 3.59. The summed E-state index contributed by atoms with van der Waals surface area (Å²) in [7, 11) is -2.89. The van der Waals surface area contributed by atoms with Crippen LogP contribution in [0.2, 0.25) is 0 Å². The van der Waals surface area contributed by atoms with Crippen molar-refractivity contribution in [3.8, 4) is 16.9 Å². The summed E-state index contributed by atoms with van der Waals surface area (Å²) in [5.74, 6) is 0.497. The Morgan fingerprint density at radius 2 is 1.89 bits per heavy atom. The molecule has 1 aliphatic heterocycles. The van der Waals surface area contributed by atoms with Gasteiger partial charge in [-0.25, -0.2) is 13.1 Å². The van der Waals surface area contributed by atoms with Crippen molar-refractivity contribution in [1.82, 2.24) is 15.1 Å². The molecule has 2 aromatic carbocycles. The van der Waals surface area contributed by atoms with Gasteiger partial charge in [0.05, 0.1) is 22.9 Å². The monoisotopic (exact) mass is 395 g/mol. The number of rotatable bonds is 5. The van der Waals surface area contributed by atoms with E-state index in [1.165, 1.54) is 11.1 Å². The second-order valence-electron chi connectivity index (χ2n) is 7.56. The van der Waals surface area contributed by atoms with E-state index in [2.05, 4.69) is 37.4 Å². The Balaban J connectivity index is 1.66. The summed E-state index contributed by atoms with van der Waals surface area (Å²) >= 11 is 0. The average molecular weight is 396 g/mol. The molecule has 0 bridgehead atoms. The third kappa shape index (κ3) is 4.03. The molecule has 0 aliphatic carbocycles. The fourth-order valence-corrected chi connectivity index (χ4v) is 5.30. The van der Waals surface area contributed by atoms with Crippen LogP contribution >= 0.6 is 0 Å². The molecular weight excluding hydrogens is 370 g/mol. The van der Waals surface area contributed by atoms with E-state index in [4.69, 9.17) is 5.10 Å². The summed E-state index contributed by atoms with van der Waals surface area (Å²) in [4.78, 5) is 0. The van der Waals surface area contributed by atoms with Crippen molar-refractivity contribution in [1.29, 1.82) is 0 Å². The minimum atomic E-state index is -2.89. The van der Waals surface area contributed by atoms with Crippen LogP contribution in [0.1, 0.15) is 23.1 Å². The zero-order valence-electron chi connectivity index (χ0n) is 16.2. The highest BCUT2D eigenvalue weighted by molar-refractivity contribution is 7.91. The topological polar surface area (TPSA) is 64.0 Å². The number of para-hydroxylation sites is 1. The van der Waals surface area contributed by atoms with Crippen LogP contribution in [0.4, 0.5) is 0 Å². The molecular formula is C22H25N3O2S. The average Bonchev–Trinajstić information content (AvgIpc) is 3.26. The van der Waals surface area contributed by atoms with Crippen LogP contribution in [-0.2, 0) is 16.4 Å². The first-order valence-electron chi connectivity index (χ1n) is 9.57. The minimum Gasteiger partial charge on any atom is -0.309 e. The molecule has 1 aliphatic rings. The first-order chi connectivity index (χ1) is 13.4. The number of hydrogen-bond acceptors (Lipinski definition) is 4. The maximum Gasteiger partial charge on any atom is 0.151 e. The molecule has 1 atom stereocenters. The molecule has 1 aromatic heterocycles. The number of aryl methyl sites for hydroxylation is 2. The van der Waals surface area contributed by atoms with Crippen molar-refractivity contribution < 1.29 is 8.42 Å². The van der Waals surface area contributed by atoms with Gasteiger partial charge in [-0.1, -0.05) is 30.3 Å². The van der Waals surface area contributed by atoms with Crippen molar-refractivity contribution in [3.05, 3.63) is 71.4 Å². The SMILES string of the molecule is Cc1ccc(-c2nn(-c3ccccc3)cc2CNC2CCS(=O)(=O)C2)cc1C. The summed E-state index contributed by atoms with van der Waals surface area (Å²) < 4.78 is 25.4. The smallest absolute Gasteiger partial charge is 0.151 e. The molecule has 4 rings (SSSR count). The Bertz CT molecular complexity index is 1090. The van der Waals surface area contributed by atoms with Crippen LogP contribution in [0.15, 0.2) is 54.7 Å². The number of aromatic nitrogens is 2. The molecule has 0 radical (unpaired) electrons. The third-order valence-electron chi connectivity index (χ3n) is 5.40. The van der Waals surface area contributed by atoms with E-state index in [9.17, 15) is 8.42 Å². The highest BCUT2D eigenvalue weighted by atomic mass is 32.2. The first-order valence-corrected chi connectivity index (χ1v) is 11.4. The number of sulfone groups is 1. The molecule has 146 valence electrons. The van der Waals surface area contributed by atoms with Crippen molar-refractivity contribution >= 4 is 9.84 Å². The van der Waals surface area contributed by atoms with E-state index in [0.29, 0.717) is 13.0 Å². The van der Waals surface area contributed by atoms with E-state index in [-0.39, 0.29) is 17.5 Å². The maximum atomic E-state index is 11.7. The summed E-state index contributed by atoms with van der Waals surface area (Å²) in [6.07, 6.45) is 2.71. The van der Waals surface area contributed by atoms with Gasteiger partial charge < -0.3 is 5.32 Å². The second kappa shape index (κ2) is 7.53. The summed E-state index contributed by atoms with van der Waals surface area (Å²) in [5, 5.41) is 8.28. The summed E-state index contributed by atoms with van der Waals surface area (Å²) in [5.41, 5.74) is 6.56. The number of hydrogen-bond donors (Lipinski definition) is 1. The van der Waals surface area contributed by atoms with Crippen LogP contribution in [-0.4, -0.2) is 35.7 Å². The van der Waals surface area contributed by atoms with Gasteiger partial charge in [0.2, 0.25) is 0 Å². The van der Waals surface area contributed by atoms with Gasteiger partial charge in [-0.2, -0.15) is 5.10 Å². The van der Waals surface area contributed by atoms with Crippen LogP contribution < -0.4 is 5.32 Å². The molecule has 28 heavy (non-hydrogen) atoms. The Labute approximate surface area is 166 Å². The van der Waals surface area contributed by atoms with Crippen molar-refractivity contribution in [3.63, 3.8) is 0 Å². The van der Waals surface area contributed by atoms with E-state index in [0.717, 1.165) is 22.5 Å². The Morgan fingerprint density at radius 3 is 2.57 bits per heavy atom. The number of benzene rings is 2. The standard InChI is InChI=1S/C22H25N3O2S/c1-16-8-9-18(12-17(16)2)22-19(13-23-20-10-11-28(26,27)15-20)14-25(24-22)21-6-4-3-5-7-21/h3-9,12,14,20,23H,10-11,13,15H2,1-2H3. The molecule has 1 unspecified atom stereocenters. The van der Waals surface area contributed by atoms with E-state index < -0.39 is 9.84 Å². The van der Waals surface area contributed by atoms with Gasteiger partial charge >= 0.3 is 0 Å². The number of nitrogens with one attached hydrogen (secondary N) is 1. The Kier molecular flexibility index (Phi) is 5.08. The molecule has 1 saturated heterocycles. The molecule has 0 amide bonds.